The molecular weight excluding hydrogens is 157 g/mol. The second-order valence-corrected chi connectivity index (χ2v) is 0.383. The van der Waals surface area contributed by atoms with Crippen LogP contribution in [0, 0.1) is 0 Å². The lowest BCUT2D eigenvalue weighted by atomic mass is 13.3. The molecule has 0 bridgehead atoms. The lowest BCUT2D eigenvalue weighted by Gasteiger charge is -1.71. The van der Waals surface area contributed by atoms with Gasteiger partial charge in [-0.25, -0.2) is 0 Å². The van der Waals surface area contributed by atoms with Crippen LogP contribution in [0.2, 0.25) is 0 Å². The quantitative estimate of drug-likeness (QED) is 0.256. The molecule has 0 saturated carbocycles. The molecule has 0 rings (SSSR count). The molecule has 0 unspecified atom stereocenters. The van der Waals surface area contributed by atoms with Crippen molar-refractivity contribution in [2.24, 2.45) is 0 Å². The summed E-state index contributed by atoms with van der Waals surface area (Å²) in [6, 6.07) is 0. The van der Waals surface area contributed by atoms with Crippen LogP contribution in [0.15, 0.2) is 0 Å². The third-order valence-electron chi connectivity index (χ3n) is 0. The molecule has 0 aromatic carbocycles. The van der Waals surface area contributed by atoms with Crippen LogP contribution in [0.25, 0.3) is 0 Å². The molecule has 0 amide bonds. The molecule has 4 nitrogen and oxygen atoms in total. The molecule has 0 aliphatic heterocycles. The molecule has 0 atom stereocenters. The number of quaternary nitrogens is 1. The molecular formula is H6F5NO3. The average Bonchev–Trinajstić information content (AvgIpc) is 0.722. The van der Waals surface area contributed by atoms with Crippen molar-refractivity contribution in [3.63, 3.8) is 0 Å². The van der Waals surface area contributed by atoms with E-state index in [9.17, 15) is 17.9 Å². The lowest BCUT2D eigenvalue weighted by molar-refractivity contribution is -1.36. The summed E-state index contributed by atoms with van der Waals surface area (Å²) in [7, 11) is 0. The van der Waals surface area contributed by atoms with Crippen molar-refractivity contribution >= 4 is 0 Å². The van der Waals surface area contributed by atoms with E-state index < -0.39 is 5.37 Å². The summed E-state index contributed by atoms with van der Waals surface area (Å²) in [6.45, 7) is 0. The van der Waals surface area contributed by atoms with Crippen LogP contribution >= 0.6 is 0 Å². The van der Waals surface area contributed by atoms with E-state index in [1.807, 2.05) is 0 Å². The number of hydrogen-bond donors (Lipinski definition) is 0. The van der Waals surface area contributed by atoms with Crippen LogP contribution in [0.5, 0.6) is 0 Å². The van der Waals surface area contributed by atoms with Gasteiger partial charge < -0.3 is 21.1 Å². The zero-order valence-corrected chi connectivity index (χ0v) is 3.84. The number of nitrogens with zero attached hydrogens (tertiary/aromatic N) is 1. The highest BCUT2D eigenvalue weighted by molar-refractivity contribution is 2.73. The third-order valence-corrected chi connectivity index (χ3v) is 0. The van der Waals surface area contributed by atoms with Crippen molar-refractivity contribution < 1.29 is 44.4 Å². The van der Waals surface area contributed by atoms with Gasteiger partial charge in [0.1, 0.15) is 17.9 Å². The Kier molecular flexibility index (Phi) is 45.5. The predicted molar refractivity (Wildman–Crippen MR) is 15.5 cm³/mol. The minimum atomic E-state index is -5.00. The van der Waals surface area contributed by atoms with Crippen molar-refractivity contribution in [2.75, 3.05) is 0 Å². The summed E-state index contributed by atoms with van der Waals surface area (Å²) in [5.41, 5.74) is 0. The zero-order chi connectivity index (χ0) is 4.50. The largest absolute Gasteiger partial charge is 1.00 e. The maximum atomic E-state index is 9.62. The Bertz CT molecular complexity index is 27.7. The molecule has 0 aliphatic carbocycles. The van der Waals surface area contributed by atoms with Gasteiger partial charge in [0.25, 0.3) is 0 Å². The summed E-state index contributed by atoms with van der Waals surface area (Å²) in [4.78, 5) is 0. The fraction of sp³-hybridized carbons (Fsp3) is 0. The average molecular weight is 163 g/mol. The predicted octanol–water partition coefficient (Wildman–Crippen LogP) is -4.13. The van der Waals surface area contributed by atoms with Crippen LogP contribution in [0.4, 0.5) is 17.9 Å². The Morgan fingerprint density at radius 2 is 0.667 bits per heavy atom. The van der Waals surface area contributed by atoms with Crippen LogP contribution < -0.4 is 4.70 Å². The molecule has 9 heavy (non-hydrogen) atoms. The second-order valence-electron chi connectivity index (χ2n) is 0.383. The first-order valence-corrected chi connectivity index (χ1v) is 0.676. The first-order valence-electron chi connectivity index (χ1n) is 0.676. The Morgan fingerprint density at radius 1 is 0.667 bits per heavy atom. The van der Waals surface area contributed by atoms with Crippen LogP contribution in [0.3, 0.4) is 0 Å². The Labute approximate surface area is 45.9 Å². The van der Waals surface area contributed by atoms with E-state index in [-0.39, 0.29) is 21.1 Å². The summed E-state index contributed by atoms with van der Waals surface area (Å²) < 4.78 is 38.5. The molecule has 64 valence electrons. The van der Waals surface area contributed by atoms with Crippen molar-refractivity contribution in [3.05, 3.63) is 0 Å². The highest BCUT2D eigenvalue weighted by atomic mass is 19.7. The maximum Gasteiger partial charge on any atom is 0.440 e. The fourth-order valence-corrected chi connectivity index (χ4v) is 0. The molecule has 0 heterocycles. The van der Waals surface area contributed by atoms with E-state index in [0.717, 1.165) is 0 Å². The van der Waals surface area contributed by atoms with Gasteiger partial charge >= 0.3 is 5.37 Å². The van der Waals surface area contributed by atoms with Gasteiger partial charge in [-0.15, -0.1) is 0 Å². The fourth-order valence-electron chi connectivity index (χ4n) is 0. The Hall–Kier alpha value is -0.510. The minimum absolute atomic E-state index is 0. The van der Waals surface area contributed by atoms with E-state index in [4.69, 9.17) is 0 Å². The summed E-state index contributed by atoms with van der Waals surface area (Å²) in [6.07, 6.45) is 0. The van der Waals surface area contributed by atoms with Gasteiger partial charge in [-0.05, 0) is 0 Å². The molecule has 6 N–H and O–H groups in total. The monoisotopic (exact) mass is 163 g/mol. The van der Waals surface area contributed by atoms with E-state index >= 15 is 0 Å². The summed E-state index contributed by atoms with van der Waals surface area (Å²) in [5, 5.41) is -5.00. The SMILES string of the molecule is F[N+](F)(F)F.O.O.O.[F-]. The van der Waals surface area contributed by atoms with Crippen LogP contribution in [-0.2, 0) is 0 Å². The lowest BCUT2D eigenvalue weighted by Crippen LogP contribution is -3.00. The van der Waals surface area contributed by atoms with Gasteiger partial charge in [0.15, 0.2) is 0 Å². The van der Waals surface area contributed by atoms with Crippen molar-refractivity contribution in [2.45, 2.75) is 0 Å². The highest BCUT2D eigenvalue weighted by Gasteiger charge is 2.30. The molecule has 0 radical (unpaired) electrons. The number of halogens is 5. The van der Waals surface area contributed by atoms with E-state index in [2.05, 4.69) is 0 Å². The molecule has 0 aromatic rings. The molecule has 0 aromatic heterocycles. The van der Waals surface area contributed by atoms with E-state index in [1.165, 1.54) is 0 Å². The van der Waals surface area contributed by atoms with E-state index in [0.29, 0.717) is 0 Å². The number of hydrogen-bond acceptors (Lipinski definition) is 0. The van der Waals surface area contributed by atoms with Gasteiger partial charge in [0.2, 0.25) is 0 Å². The highest BCUT2D eigenvalue weighted by Crippen LogP contribution is 2.08. The molecule has 0 spiro atoms. The van der Waals surface area contributed by atoms with E-state index in [1.54, 1.807) is 0 Å². The van der Waals surface area contributed by atoms with Crippen LogP contribution in [0.1, 0.15) is 0 Å². The van der Waals surface area contributed by atoms with Crippen molar-refractivity contribution in [1.82, 2.24) is 0 Å². The smallest absolute Gasteiger partial charge is 0.440 e. The first-order chi connectivity index (χ1) is 2.00. The van der Waals surface area contributed by atoms with Crippen molar-refractivity contribution in [1.29, 1.82) is 0 Å². The molecule has 9 heteroatoms. The van der Waals surface area contributed by atoms with Crippen molar-refractivity contribution in [3.8, 4) is 0 Å². The summed E-state index contributed by atoms with van der Waals surface area (Å²) >= 11 is 0. The molecule has 0 aliphatic rings. The van der Waals surface area contributed by atoms with Gasteiger partial charge in [-0.2, -0.15) is 0 Å². The second kappa shape index (κ2) is 10.5. The molecule has 0 fully saturated rings. The first kappa shape index (κ1) is 39.1. The third kappa shape index (κ3) is 868. The Balaban J connectivity index is -0.0000000133. The Morgan fingerprint density at radius 3 is 0.667 bits per heavy atom. The zero-order valence-electron chi connectivity index (χ0n) is 3.84. The van der Waals surface area contributed by atoms with Gasteiger partial charge in [-0.1, -0.05) is 0 Å². The van der Waals surface area contributed by atoms with Gasteiger partial charge in [0.05, 0.1) is 0 Å². The van der Waals surface area contributed by atoms with Gasteiger partial charge in [0, 0.05) is 0 Å². The summed E-state index contributed by atoms with van der Waals surface area (Å²) in [5.74, 6) is 0. The standard InChI is InChI=1S/F4N.FH.3H2O/c1-5(2,3)4;;;;/h;1H;3*1H2/q+1;;;;/p-1. The number of rotatable bonds is 0. The maximum absolute atomic E-state index is 9.62. The molecule has 0 saturated heterocycles. The minimum Gasteiger partial charge on any atom is -1.00 e. The normalized spacial score (nSPS) is 6.67. The van der Waals surface area contributed by atoms with Gasteiger partial charge in [-0.3, -0.25) is 0 Å². The topological polar surface area (TPSA) is 94.5 Å². The van der Waals surface area contributed by atoms with Crippen LogP contribution in [-0.4, -0.2) is 21.8 Å².